The van der Waals surface area contributed by atoms with Gasteiger partial charge in [0.05, 0.1) is 40.9 Å². The van der Waals surface area contributed by atoms with Gasteiger partial charge in [-0.25, -0.2) is 9.78 Å². The third-order valence-electron chi connectivity index (χ3n) is 4.53. The Kier molecular flexibility index (Phi) is 5.97. The van der Waals surface area contributed by atoms with E-state index in [1.54, 1.807) is 51.4 Å². The van der Waals surface area contributed by atoms with Crippen molar-refractivity contribution in [3.05, 3.63) is 59.2 Å². The van der Waals surface area contributed by atoms with Crippen LogP contribution in [0.1, 0.15) is 19.4 Å². The van der Waals surface area contributed by atoms with Gasteiger partial charge in [0.25, 0.3) is 0 Å². The van der Waals surface area contributed by atoms with Crippen molar-refractivity contribution in [3.8, 4) is 17.4 Å². The number of carbonyl (C=O) groups is 1. The van der Waals surface area contributed by atoms with Crippen LogP contribution < -0.4 is 9.47 Å². The largest absolute Gasteiger partial charge is 0.515 e. The van der Waals surface area contributed by atoms with Gasteiger partial charge in [0.1, 0.15) is 11.5 Å². The number of hydrogen-bond acceptors (Lipinski definition) is 6. The van der Waals surface area contributed by atoms with Crippen LogP contribution in [0.3, 0.4) is 0 Å². The zero-order valence-corrected chi connectivity index (χ0v) is 18.0. The van der Waals surface area contributed by atoms with E-state index in [2.05, 4.69) is 9.97 Å². The van der Waals surface area contributed by atoms with E-state index in [0.29, 0.717) is 22.1 Å². The van der Waals surface area contributed by atoms with Crippen molar-refractivity contribution in [1.82, 2.24) is 9.97 Å². The van der Waals surface area contributed by atoms with Crippen molar-refractivity contribution >= 4 is 39.6 Å². The summed E-state index contributed by atoms with van der Waals surface area (Å²) in [6.07, 6.45) is 0.477. The van der Waals surface area contributed by atoms with Gasteiger partial charge in [-0.15, -0.1) is 0 Å². The van der Waals surface area contributed by atoms with Crippen LogP contribution in [0.4, 0.5) is 4.79 Å². The van der Waals surface area contributed by atoms with Crippen molar-refractivity contribution in [2.75, 3.05) is 7.11 Å². The van der Waals surface area contributed by atoms with E-state index in [1.807, 2.05) is 18.2 Å². The molecule has 0 amide bonds. The zero-order chi connectivity index (χ0) is 22.0. The number of pyridine rings is 1. The van der Waals surface area contributed by atoms with E-state index >= 15 is 0 Å². The third kappa shape index (κ3) is 4.42. The molecule has 0 fully saturated rings. The van der Waals surface area contributed by atoms with Gasteiger partial charge in [-0.2, -0.15) is 0 Å². The van der Waals surface area contributed by atoms with Crippen LogP contribution in [0, 0.1) is 0 Å². The van der Waals surface area contributed by atoms with E-state index in [9.17, 15) is 4.79 Å². The first kappa shape index (κ1) is 21.0. The van der Waals surface area contributed by atoms with Gasteiger partial charge in [0.15, 0.2) is 0 Å². The molecule has 4 rings (SSSR count). The number of H-pyrrole nitrogens is 1. The summed E-state index contributed by atoms with van der Waals surface area (Å²) in [4.78, 5) is 19.7. The number of benzene rings is 2. The van der Waals surface area contributed by atoms with E-state index in [1.165, 1.54) is 0 Å². The molecular weight excluding hydrogens is 420 g/mol. The maximum absolute atomic E-state index is 12.1. The number of ether oxygens (including phenoxy) is 4. The Morgan fingerprint density at radius 2 is 1.87 bits per heavy atom. The van der Waals surface area contributed by atoms with Crippen molar-refractivity contribution in [2.45, 2.75) is 26.6 Å². The topological polar surface area (TPSA) is 82.7 Å². The molecule has 0 saturated heterocycles. The molecule has 2 heterocycles. The predicted octanol–water partition coefficient (Wildman–Crippen LogP) is 6.23. The van der Waals surface area contributed by atoms with Crippen LogP contribution in [0.25, 0.3) is 21.8 Å². The number of halogens is 1. The normalized spacial score (nSPS) is 11.3. The molecule has 0 spiro atoms. The lowest BCUT2D eigenvalue weighted by molar-refractivity contribution is 0.0705. The summed E-state index contributed by atoms with van der Waals surface area (Å²) in [5, 5.41) is 2.24. The molecule has 8 heteroatoms. The molecule has 0 bridgehead atoms. The second kappa shape index (κ2) is 8.83. The highest BCUT2D eigenvalue weighted by atomic mass is 35.5. The number of carbonyl (C=O) groups excluding carboxylic acids is 1. The number of aromatic nitrogens is 2. The summed E-state index contributed by atoms with van der Waals surface area (Å²) >= 11 is 5.98. The zero-order valence-electron chi connectivity index (χ0n) is 17.3. The maximum Gasteiger partial charge on any atom is 0.515 e. The quantitative estimate of drug-likeness (QED) is 0.358. The molecule has 0 saturated carbocycles. The van der Waals surface area contributed by atoms with Crippen molar-refractivity contribution in [3.63, 3.8) is 0 Å². The SMILES string of the molecule is COCc1c(OC(=O)OC(C)C)ncc2[nH]c3cccc(Oc4ccc(Cl)cc4)c3c12. The monoisotopic (exact) mass is 440 g/mol. The fourth-order valence-electron chi connectivity index (χ4n) is 3.33. The molecule has 2 aromatic carbocycles. The minimum absolute atomic E-state index is 0.127. The Bertz CT molecular complexity index is 1230. The Balaban J connectivity index is 1.86. The summed E-state index contributed by atoms with van der Waals surface area (Å²) in [5.41, 5.74) is 2.22. The fraction of sp³-hybridized carbons (Fsp3) is 0.217. The number of fused-ring (bicyclic) bond motifs is 3. The third-order valence-corrected chi connectivity index (χ3v) is 4.78. The summed E-state index contributed by atoms with van der Waals surface area (Å²) < 4.78 is 22.0. The molecule has 0 atom stereocenters. The number of nitrogens with one attached hydrogen (secondary N) is 1. The average molecular weight is 441 g/mol. The lowest BCUT2D eigenvalue weighted by Gasteiger charge is -2.12. The standard InChI is InChI=1S/C23H21ClN2O5/c1-13(2)29-23(27)31-22-16(12-28-3)20-18(11-25-22)26-17-5-4-6-19(21(17)20)30-15-9-7-14(24)8-10-15/h4-11,13,26H,12H2,1-3H3. The van der Waals surface area contributed by atoms with Gasteiger partial charge in [0.2, 0.25) is 5.88 Å². The van der Waals surface area contributed by atoms with Crippen LogP contribution in [-0.4, -0.2) is 29.3 Å². The molecule has 0 radical (unpaired) electrons. The summed E-state index contributed by atoms with van der Waals surface area (Å²) in [7, 11) is 1.56. The van der Waals surface area contributed by atoms with Crippen LogP contribution in [0.15, 0.2) is 48.7 Å². The molecule has 1 N–H and O–H groups in total. The van der Waals surface area contributed by atoms with Crippen molar-refractivity contribution in [2.24, 2.45) is 0 Å². The molecular formula is C23H21ClN2O5. The number of methoxy groups -OCH3 is 1. The van der Waals surface area contributed by atoms with E-state index in [-0.39, 0.29) is 18.6 Å². The van der Waals surface area contributed by atoms with Gasteiger partial charge in [-0.05, 0) is 50.2 Å². The minimum Gasteiger partial charge on any atom is -0.457 e. The molecule has 0 aliphatic rings. The van der Waals surface area contributed by atoms with E-state index in [0.717, 1.165) is 21.8 Å². The van der Waals surface area contributed by atoms with Gasteiger partial charge < -0.3 is 23.9 Å². The first-order valence-electron chi connectivity index (χ1n) is 9.69. The molecule has 0 aliphatic heterocycles. The average Bonchev–Trinajstić information content (AvgIpc) is 3.11. The number of hydrogen-bond donors (Lipinski definition) is 1. The number of nitrogens with zero attached hydrogens (tertiary/aromatic N) is 1. The Morgan fingerprint density at radius 3 is 2.58 bits per heavy atom. The molecule has 160 valence electrons. The fourth-order valence-corrected chi connectivity index (χ4v) is 3.46. The molecule has 0 aliphatic carbocycles. The highest BCUT2D eigenvalue weighted by Crippen LogP contribution is 2.39. The molecule has 31 heavy (non-hydrogen) atoms. The highest BCUT2D eigenvalue weighted by molar-refractivity contribution is 6.30. The number of aromatic amines is 1. The van der Waals surface area contributed by atoms with Gasteiger partial charge in [0, 0.05) is 17.5 Å². The second-order valence-corrected chi connectivity index (χ2v) is 7.58. The summed E-state index contributed by atoms with van der Waals surface area (Å²) in [6.45, 7) is 3.67. The van der Waals surface area contributed by atoms with Crippen LogP contribution in [-0.2, 0) is 16.1 Å². The second-order valence-electron chi connectivity index (χ2n) is 7.14. The van der Waals surface area contributed by atoms with Crippen LogP contribution >= 0.6 is 11.6 Å². The first-order chi connectivity index (χ1) is 15.0. The van der Waals surface area contributed by atoms with E-state index < -0.39 is 6.16 Å². The lowest BCUT2D eigenvalue weighted by Crippen LogP contribution is -2.17. The first-order valence-corrected chi connectivity index (χ1v) is 10.1. The molecule has 0 unspecified atom stereocenters. The van der Waals surface area contributed by atoms with Gasteiger partial charge in [-0.1, -0.05) is 17.7 Å². The molecule has 2 aromatic heterocycles. The number of rotatable bonds is 6. The molecule has 4 aromatic rings. The summed E-state index contributed by atoms with van der Waals surface area (Å²) in [6, 6.07) is 12.8. The Hall–Kier alpha value is -3.29. The predicted molar refractivity (Wildman–Crippen MR) is 118 cm³/mol. The Labute approximate surface area is 183 Å². The maximum atomic E-state index is 12.1. The van der Waals surface area contributed by atoms with Gasteiger partial charge >= 0.3 is 6.16 Å². The van der Waals surface area contributed by atoms with Crippen LogP contribution in [0.5, 0.6) is 17.4 Å². The highest BCUT2D eigenvalue weighted by Gasteiger charge is 2.21. The van der Waals surface area contributed by atoms with Crippen molar-refractivity contribution < 1.29 is 23.7 Å². The van der Waals surface area contributed by atoms with Crippen LogP contribution in [0.2, 0.25) is 5.02 Å². The lowest BCUT2D eigenvalue weighted by atomic mass is 10.1. The Morgan fingerprint density at radius 1 is 1.10 bits per heavy atom. The minimum atomic E-state index is -0.823. The summed E-state index contributed by atoms with van der Waals surface area (Å²) in [5.74, 6) is 1.40. The van der Waals surface area contributed by atoms with Crippen molar-refractivity contribution in [1.29, 1.82) is 0 Å². The van der Waals surface area contributed by atoms with E-state index in [4.69, 9.17) is 30.5 Å². The molecule has 7 nitrogen and oxygen atoms in total. The van der Waals surface area contributed by atoms with Gasteiger partial charge in [-0.3, -0.25) is 0 Å². The smallest absolute Gasteiger partial charge is 0.457 e.